The van der Waals surface area contributed by atoms with E-state index in [9.17, 15) is 17.3 Å². The Kier molecular flexibility index (Phi) is 15.5. The zero-order chi connectivity index (χ0) is 20.1. The van der Waals surface area contributed by atoms with Crippen LogP contribution in [-0.4, -0.2) is 68.3 Å². The molecule has 0 aliphatic carbocycles. The Balaban J connectivity index is 0. The first kappa shape index (κ1) is 27.3. The molecule has 0 N–H and O–H groups in total. The van der Waals surface area contributed by atoms with Crippen molar-refractivity contribution in [2.24, 2.45) is 0 Å². The van der Waals surface area contributed by atoms with Gasteiger partial charge in [-0.1, -0.05) is 40.0 Å². The average Bonchev–Trinajstić information content (AvgIpc) is 2.52. The van der Waals surface area contributed by atoms with Gasteiger partial charge in [-0.15, -0.1) is 0 Å². The molecule has 0 aromatic carbocycles. The van der Waals surface area contributed by atoms with Gasteiger partial charge in [0.25, 0.3) is 0 Å². The summed E-state index contributed by atoms with van der Waals surface area (Å²) < 4.78 is 39.0. The molecule has 154 valence electrons. The van der Waals surface area contributed by atoms with Crippen molar-refractivity contribution < 1.29 is 17.3 Å². The molecule has 3 nitrogen and oxygen atoms in total. The third-order valence-corrected chi connectivity index (χ3v) is 5.99. The molecule has 0 aromatic heterocycles. The lowest BCUT2D eigenvalue weighted by molar-refractivity contribution is -0.0684. The average molecular weight is 391 g/mol. The van der Waals surface area contributed by atoms with Crippen LogP contribution in [0.2, 0.25) is 0 Å². The van der Waals surface area contributed by atoms with E-state index in [-0.39, 0.29) is 5.53 Å². The Morgan fingerprint density at radius 3 is 1.04 bits per heavy atom. The molecule has 0 amide bonds. The molecular weight excluding hydrogens is 352 g/mol. The van der Waals surface area contributed by atoms with Crippen molar-refractivity contribution in [2.45, 2.75) is 64.8 Å². The summed E-state index contributed by atoms with van der Waals surface area (Å²) in [5.41, 5.74) is 0.0551. The molecule has 0 saturated carbocycles. The third kappa shape index (κ3) is 13.0. The van der Waals surface area contributed by atoms with Crippen molar-refractivity contribution in [1.29, 1.82) is 0 Å². The van der Waals surface area contributed by atoms with Gasteiger partial charge in [0.2, 0.25) is 5.53 Å². The van der Waals surface area contributed by atoms with Gasteiger partial charge in [0.15, 0.2) is 0 Å². The van der Waals surface area contributed by atoms with E-state index in [1.54, 1.807) is 0 Å². The molecule has 0 fully saturated rings. The Morgan fingerprint density at radius 1 is 0.680 bits per heavy atom. The van der Waals surface area contributed by atoms with Crippen LogP contribution in [0.5, 0.6) is 0 Å². The maximum atomic E-state index is 9.75. The smallest absolute Gasteiger partial charge is 0.418 e. The first-order valence-electron chi connectivity index (χ1n) is 9.31. The highest BCUT2D eigenvalue weighted by Crippen LogP contribution is 2.30. The first-order valence-corrected chi connectivity index (χ1v) is 10.0. The van der Waals surface area contributed by atoms with E-state index in [1.165, 1.54) is 58.2 Å². The maximum Gasteiger partial charge on any atom is 0.673 e. The quantitative estimate of drug-likeness (QED) is 0.207. The standard InChI is InChI=1S/C16H38N3P.BF4/c1-7-10-13-17(4)16(20,18(5)14-11-8-2)19(6)15-12-9-3;2-1(3,4)5/h7-15,20H2,1-6H3;/q;-1/p+1. The number of halogens is 4. The molecule has 0 radical (unpaired) electrons. The summed E-state index contributed by atoms with van der Waals surface area (Å²) in [6.45, 7) is 10.3. The molecule has 0 aliphatic heterocycles. The van der Waals surface area contributed by atoms with Crippen molar-refractivity contribution >= 4 is 16.5 Å². The Hall–Kier alpha value is 0.0949. The fraction of sp³-hybridized carbons (Fsp3) is 1.00. The van der Waals surface area contributed by atoms with Crippen molar-refractivity contribution in [3.05, 3.63) is 0 Å². The van der Waals surface area contributed by atoms with Crippen LogP contribution in [0, 0.1) is 0 Å². The third-order valence-electron chi connectivity index (χ3n) is 4.38. The normalized spacial score (nSPS) is 12.8. The Bertz CT molecular complexity index is 280. The van der Waals surface area contributed by atoms with Gasteiger partial charge in [-0.3, -0.25) is 0 Å². The first-order chi connectivity index (χ1) is 11.4. The predicted molar refractivity (Wildman–Crippen MR) is 107 cm³/mol. The van der Waals surface area contributed by atoms with Crippen LogP contribution in [0.4, 0.5) is 17.3 Å². The van der Waals surface area contributed by atoms with Gasteiger partial charge in [-0.25, -0.2) is 14.7 Å². The van der Waals surface area contributed by atoms with Gasteiger partial charge in [-0.05, 0) is 40.4 Å². The second kappa shape index (κ2) is 14.2. The van der Waals surface area contributed by atoms with Crippen molar-refractivity contribution in [3.63, 3.8) is 0 Å². The van der Waals surface area contributed by atoms with Crippen LogP contribution in [0.1, 0.15) is 59.3 Å². The molecule has 0 aromatic rings. The number of hydrogen-bond acceptors (Lipinski definition) is 3. The second-order valence-electron chi connectivity index (χ2n) is 6.59. The SMILES string of the molecule is CCCCN(C)C([PH3+])(N(C)CCCC)N(C)CCCC.F[B-](F)(F)F. The van der Waals surface area contributed by atoms with Crippen molar-refractivity contribution in [2.75, 3.05) is 40.8 Å². The molecule has 0 bridgehead atoms. The van der Waals surface area contributed by atoms with Crippen LogP contribution in [0.25, 0.3) is 0 Å². The van der Waals surface area contributed by atoms with Crippen molar-refractivity contribution in [1.82, 2.24) is 14.7 Å². The minimum absolute atomic E-state index is 0.0551. The van der Waals surface area contributed by atoms with Gasteiger partial charge in [0.05, 0.1) is 0 Å². The van der Waals surface area contributed by atoms with Gasteiger partial charge in [0.1, 0.15) is 0 Å². The zero-order valence-corrected chi connectivity index (χ0v) is 18.4. The summed E-state index contributed by atoms with van der Waals surface area (Å²) in [5, 5.41) is 0. The van der Waals surface area contributed by atoms with Crippen LogP contribution in [0.15, 0.2) is 0 Å². The Labute approximate surface area is 154 Å². The molecule has 0 rings (SSSR count). The highest BCUT2D eigenvalue weighted by Gasteiger charge is 2.42. The minimum atomic E-state index is -6.00. The van der Waals surface area contributed by atoms with E-state index >= 15 is 0 Å². The topological polar surface area (TPSA) is 9.72 Å². The fourth-order valence-corrected chi connectivity index (χ4v) is 3.07. The summed E-state index contributed by atoms with van der Waals surface area (Å²) in [6.07, 6.45) is 7.63. The van der Waals surface area contributed by atoms with Gasteiger partial charge >= 0.3 is 7.25 Å². The van der Waals surface area contributed by atoms with E-state index in [0.717, 1.165) is 0 Å². The molecule has 0 heterocycles. The highest BCUT2D eigenvalue weighted by molar-refractivity contribution is 7.18. The monoisotopic (exact) mass is 391 g/mol. The van der Waals surface area contributed by atoms with Crippen LogP contribution >= 0.6 is 9.24 Å². The molecule has 1 atom stereocenters. The minimum Gasteiger partial charge on any atom is -0.418 e. The zero-order valence-electron chi connectivity index (χ0n) is 17.0. The molecule has 9 heteroatoms. The summed E-state index contributed by atoms with van der Waals surface area (Å²) in [5.74, 6) is 0. The summed E-state index contributed by atoms with van der Waals surface area (Å²) >= 11 is 0. The highest BCUT2D eigenvalue weighted by atomic mass is 31.0. The van der Waals surface area contributed by atoms with Crippen molar-refractivity contribution in [3.8, 4) is 0 Å². The van der Waals surface area contributed by atoms with Gasteiger partial charge in [-0.2, -0.15) is 0 Å². The lowest BCUT2D eigenvalue weighted by Crippen LogP contribution is -2.63. The molecule has 0 aliphatic rings. The molecule has 1 unspecified atom stereocenters. The number of hydrogen-bond donors (Lipinski definition) is 0. The number of unbranched alkanes of at least 4 members (excludes halogenated alkanes) is 3. The van der Waals surface area contributed by atoms with Crippen LogP contribution in [0.3, 0.4) is 0 Å². The number of rotatable bonds is 12. The maximum absolute atomic E-state index is 9.75. The fourth-order valence-electron chi connectivity index (χ4n) is 2.60. The molecule has 0 spiro atoms. The molecule has 0 saturated heterocycles. The van der Waals surface area contributed by atoms with E-state index in [0.29, 0.717) is 0 Å². The Morgan fingerprint density at radius 2 is 0.880 bits per heavy atom. The molecular formula is C16H39BF4N3P. The predicted octanol–water partition coefficient (Wildman–Crippen LogP) is 4.70. The summed E-state index contributed by atoms with van der Waals surface area (Å²) in [6, 6.07) is 0. The van der Waals surface area contributed by atoms with Crippen LogP contribution < -0.4 is 0 Å². The lowest BCUT2D eigenvalue weighted by atomic mass is 10.2. The summed E-state index contributed by atoms with van der Waals surface area (Å²) in [7, 11) is 2.99. The van der Waals surface area contributed by atoms with E-state index < -0.39 is 7.25 Å². The summed E-state index contributed by atoms with van der Waals surface area (Å²) in [4.78, 5) is 7.63. The second-order valence-corrected chi connectivity index (χ2v) is 7.54. The lowest BCUT2D eigenvalue weighted by Gasteiger charge is -2.46. The van der Waals surface area contributed by atoms with Crippen LogP contribution in [-0.2, 0) is 0 Å². The van der Waals surface area contributed by atoms with Gasteiger partial charge in [0, 0.05) is 28.9 Å². The van der Waals surface area contributed by atoms with E-state index in [4.69, 9.17) is 0 Å². The van der Waals surface area contributed by atoms with Gasteiger partial charge < -0.3 is 17.3 Å². The van der Waals surface area contributed by atoms with E-state index in [1.807, 2.05) is 0 Å². The number of nitrogens with zero attached hydrogens (tertiary/aromatic N) is 3. The largest absolute Gasteiger partial charge is 0.673 e. The van der Waals surface area contributed by atoms with E-state index in [2.05, 4.69) is 65.9 Å². The molecule has 25 heavy (non-hydrogen) atoms.